The van der Waals surface area contributed by atoms with E-state index in [-0.39, 0.29) is 22.1 Å². The Balaban J connectivity index is 1.89. The fourth-order valence-corrected chi connectivity index (χ4v) is 3.17. The summed E-state index contributed by atoms with van der Waals surface area (Å²) in [7, 11) is 0. The maximum atomic E-state index is 13.1. The Morgan fingerprint density at radius 1 is 1.00 bits per heavy atom. The van der Waals surface area contributed by atoms with Crippen molar-refractivity contribution in [1.29, 1.82) is 0 Å². The first kappa shape index (κ1) is 20.2. The molecule has 3 aromatic rings. The summed E-state index contributed by atoms with van der Waals surface area (Å²) in [5, 5.41) is 5.54. The molecule has 2 heterocycles. The van der Waals surface area contributed by atoms with Gasteiger partial charge in [-0.3, -0.25) is 4.79 Å². The summed E-state index contributed by atoms with van der Waals surface area (Å²) < 4.78 is 78.1. The Bertz CT molecular complexity index is 1010. The maximum absolute atomic E-state index is 13.1. The molecule has 0 fully saturated rings. The van der Waals surface area contributed by atoms with Crippen molar-refractivity contribution in [2.45, 2.75) is 12.4 Å². The van der Waals surface area contributed by atoms with E-state index < -0.39 is 29.6 Å². The van der Waals surface area contributed by atoms with Gasteiger partial charge < -0.3 is 5.32 Å². The number of hydrogen-bond donors (Lipinski definition) is 1. The Morgan fingerprint density at radius 2 is 1.64 bits per heavy atom. The zero-order valence-corrected chi connectivity index (χ0v) is 15.0. The first-order valence-corrected chi connectivity index (χ1v) is 8.56. The predicted molar refractivity (Wildman–Crippen MR) is 90.9 cm³/mol. The molecule has 2 aromatic heterocycles. The highest BCUT2D eigenvalue weighted by Gasteiger charge is 2.42. The van der Waals surface area contributed by atoms with Crippen molar-refractivity contribution in [3.05, 3.63) is 63.1 Å². The SMILES string of the molecule is O=C(Nc1ccc(-n2nc(C(F)(F)F)cc2C(F)(F)F)cc1)c1ccc(Cl)s1. The molecular formula is C16H8ClF6N3OS. The van der Waals surface area contributed by atoms with Gasteiger partial charge in [-0.2, -0.15) is 31.4 Å². The minimum atomic E-state index is -5.04. The molecule has 0 unspecified atom stereocenters. The highest BCUT2D eigenvalue weighted by molar-refractivity contribution is 7.18. The van der Waals surface area contributed by atoms with Crippen LogP contribution in [-0.2, 0) is 12.4 Å². The summed E-state index contributed by atoms with van der Waals surface area (Å²) in [6.45, 7) is 0. The normalized spacial score (nSPS) is 12.2. The number of carbonyl (C=O) groups excluding carboxylic acids is 1. The van der Waals surface area contributed by atoms with Gasteiger partial charge in [-0.1, -0.05) is 11.6 Å². The van der Waals surface area contributed by atoms with Gasteiger partial charge in [-0.25, -0.2) is 4.68 Å². The molecule has 0 spiro atoms. The van der Waals surface area contributed by atoms with Crippen LogP contribution in [0.4, 0.5) is 32.0 Å². The molecule has 0 aliphatic rings. The zero-order valence-electron chi connectivity index (χ0n) is 13.4. The molecule has 1 aromatic carbocycles. The Kier molecular flexibility index (Phi) is 5.15. The average molecular weight is 440 g/mol. The number of benzene rings is 1. The van der Waals surface area contributed by atoms with Gasteiger partial charge in [-0.05, 0) is 36.4 Å². The maximum Gasteiger partial charge on any atom is 0.435 e. The largest absolute Gasteiger partial charge is 0.435 e. The lowest BCUT2D eigenvalue weighted by Crippen LogP contribution is -2.14. The van der Waals surface area contributed by atoms with Gasteiger partial charge in [0.05, 0.1) is 14.9 Å². The summed E-state index contributed by atoms with van der Waals surface area (Å²) >= 11 is 6.77. The van der Waals surface area contributed by atoms with Crippen LogP contribution in [0.2, 0.25) is 4.34 Å². The summed E-state index contributed by atoms with van der Waals surface area (Å²) in [6, 6.07) is 7.68. The molecule has 0 aliphatic heterocycles. The standard InChI is InChI=1S/C16H8ClF6N3OS/c17-13-6-5-10(28-13)14(27)24-8-1-3-9(4-2-8)26-12(16(21,22)23)7-11(25-26)15(18,19)20/h1-7H,(H,24,27). The molecule has 0 aliphatic carbocycles. The monoisotopic (exact) mass is 439 g/mol. The molecule has 0 radical (unpaired) electrons. The molecule has 0 atom stereocenters. The van der Waals surface area contributed by atoms with Crippen LogP contribution >= 0.6 is 22.9 Å². The van der Waals surface area contributed by atoms with Crippen molar-refractivity contribution in [3.8, 4) is 5.69 Å². The van der Waals surface area contributed by atoms with Crippen molar-refractivity contribution in [2.24, 2.45) is 0 Å². The van der Waals surface area contributed by atoms with E-state index in [2.05, 4.69) is 10.4 Å². The third-order valence-electron chi connectivity index (χ3n) is 3.46. The average Bonchev–Trinajstić information content (AvgIpc) is 3.21. The van der Waals surface area contributed by atoms with Crippen LogP contribution in [0.3, 0.4) is 0 Å². The predicted octanol–water partition coefficient (Wildman–Crippen LogP) is 5.88. The van der Waals surface area contributed by atoms with Crippen LogP contribution in [0.1, 0.15) is 21.1 Å². The van der Waals surface area contributed by atoms with E-state index in [0.29, 0.717) is 9.21 Å². The first-order valence-electron chi connectivity index (χ1n) is 7.37. The minimum Gasteiger partial charge on any atom is -0.321 e. The molecule has 12 heteroatoms. The van der Waals surface area contributed by atoms with Crippen molar-refractivity contribution in [1.82, 2.24) is 9.78 Å². The van der Waals surface area contributed by atoms with Crippen LogP contribution in [0, 0.1) is 0 Å². The number of hydrogen-bond acceptors (Lipinski definition) is 3. The van der Waals surface area contributed by atoms with E-state index in [1.807, 2.05) is 0 Å². The zero-order chi connectivity index (χ0) is 20.7. The van der Waals surface area contributed by atoms with E-state index in [0.717, 1.165) is 23.5 Å². The Morgan fingerprint density at radius 3 is 2.14 bits per heavy atom. The topological polar surface area (TPSA) is 46.9 Å². The van der Waals surface area contributed by atoms with Crippen molar-refractivity contribution in [2.75, 3.05) is 5.32 Å². The molecule has 0 saturated carbocycles. The van der Waals surface area contributed by atoms with Gasteiger partial charge in [0.1, 0.15) is 5.69 Å². The molecule has 0 bridgehead atoms. The quantitative estimate of drug-likeness (QED) is 0.518. The van der Waals surface area contributed by atoms with Crippen LogP contribution in [0.25, 0.3) is 5.69 Å². The van der Waals surface area contributed by atoms with Gasteiger partial charge in [0.15, 0.2) is 5.69 Å². The van der Waals surface area contributed by atoms with Crippen LogP contribution < -0.4 is 5.32 Å². The fourth-order valence-electron chi connectivity index (χ4n) is 2.23. The third-order valence-corrected chi connectivity index (χ3v) is 4.69. The number of alkyl halides is 6. The van der Waals surface area contributed by atoms with Crippen molar-refractivity contribution in [3.63, 3.8) is 0 Å². The van der Waals surface area contributed by atoms with Crippen LogP contribution in [-0.4, -0.2) is 15.7 Å². The third kappa shape index (κ3) is 4.30. The molecule has 148 valence electrons. The number of halogens is 7. The summed E-state index contributed by atoms with van der Waals surface area (Å²) in [4.78, 5) is 12.3. The number of amides is 1. The number of thiophene rings is 1. The molecule has 0 saturated heterocycles. The number of anilines is 1. The van der Waals surface area contributed by atoms with E-state index in [9.17, 15) is 31.1 Å². The summed E-state index contributed by atoms with van der Waals surface area (Å²) in [5.41, 5.74) is -3.24. The molecule has 3 rings (SSSR count). The second kappa shape index (κ2) is 7.13. The van der Waals surface area contributed by atoms with Gasteiger partial charge >= 0.3 is 12.4 Å². The van der Waals surface area contributed by atoms with Crippen molar-refractivity contribution < 1.29 is 31.1 Å². The van der Waals surface area contributed by atoms with Crippen LogP contribution in [0.5, 0.6) is 0 Å². The lowest BCUT2D eigenvalue weighted by molar-refractivity contribution is -0.143. The van der Waals surface area contributed by atoms with E-state index in [4.69, 9.17) is 11.6 Å². The molecule has 4 nitrogen and oxygen atoms in total. The number of rotatable bonds is 3. The lowest BCUT2D eigenvalue weighted by atomic mass is 10.2. The second-order valence-corrected chi connectivity index (χ2v) is 7.14. The number of nitrogens with zero attached hydrogens (tertiary/aromatic N) is 2. The van der Waals surface area contributed by atoms with Crippen LogP contribution in [0.15, 0.2) is 42.5 Å². The van der Waals surface area contributed by atoms with Gasteiger partial charge in [-0.15, -0.1) is 11.3 Å². The van der Waals surface area contributed by atoms with Gasteiger partial charge in [0, 0.05) is 11.8 Å². The fraction of sp³-hybridized carbons (Fsp3) is 0.125. The van der Waals surface area contributed by atoms with Gasteiger partial charge in [0.25, 0.3) is 5.91 Å². The number of nitrogens with one attached hydrogen (secondary N) is 1. The Labute approximate surface area is 162 Å². The Hall–Kier alpha value is -2.53. The highest BCUT2D eigenvalue weighted by atomic mass is 35.5. The summed E-state index contributed by atoms with van der Waals surface area (Å²) in [6.07, 6.45) is -10.1. The van der Waals surface area contributed by atoms with E-state index >= 15 is 0 Å². The van der Waals surface area contributed by atoms with Crippen molar-refractivity contribution >= 4 is 34.5 Å². The van der Waals surface area contributed by atoms with E-state index in [1.54, 1.807) is 0 Å². The smallest absolute Gasteiger partial charge is 0.321 e. The minimum absolute atomic E-state index is 0.0593. The first-order chi connectivity index (χ1) is 12.9. The summed E-state index contributed by atoms with van der Waals surface area (Å²) in [5.74, 6) is -0.487. The highest BCUT2D eigenvalue weighted by Crippen LogP contribution is 2.36. The molecule has 28 heavy (non-hydrogen) atoms. The number of carbonyl (C=O) groups is 1. The van der Waals surface area contributed by atoms with Gasteiger partial charge in [0.2, 0.25) is 0 Å². The number of aromatic nitrogens is 2. The molecular weight excluding hydrogens is 432 g/mol. The van der Waals surface area contributed by atoms with E-state index in [1.165, 1.54) is 24.3 Å². The molecule has 1 N–H and O–H groups in total. The molecule has 1 amide bonds. The second-order valence-electron chi connectivity index (χ2n) is 5.43. The lowest BCUT2D eigenvalue weighted by Gasteiger charge is -2.11.